The van der Waals surface area contributed by atoms with E-state index in [1.54, 1.807) is 0 Å². The summed E-state index contributed by atoms with van der Waals surface area (Å²) < 4.78 is 40.7. The number of benzene rings is 2. The van der Waals surface area contributed by atoms with E-state index >= 15 is 0 Å². The average Bonchev–Trinajstić information content (AvgIpc) is 2.85. The monoisotopic (exact) mass is 300 g/mol. The first-order chi connectivity index (χ1) is 10.4. The number of hydrogen-bond acceptors (Lipinski definition) is 1. The highest BCUT2D eigenvalue weighted by Crippen LogP contribution is 2.37. The lowest BCUT2D eigenvalue weighted by Crippen LogP contribution is -2.04. The Hall–Kier alpha value is -2.56. The fourth-order valence-electron chi connectivity index (χ4n) is 2.90. The van der Waals surface area contributed by atoms with Crippen LogP contribution in [0.2, 0.25) is 0 Å². The molecule has 2 aromatic carbocycles. The zero-order chi connectivity index (χ0) is 15.5. The summed E-state index contributed by atoms with van der Waals surface area (Å²) >= 11 is 0. The number of pyridine rings is 1. The highest BCUT2D eigenvalue weighted by atomic mass is 19.4. The van der Waals surface area contributed by atoms with Gasteiger partial charge in [-0.25, -0.2) is 4.98 Å². The Kier molecular flexibility index (Phi) is 2.52. The molecule has 2 aliphatic heterocycles. The number of aromatic nitrogens is 2. The van der Waals surface area contributed by atoms with E-state index in [-0.39, 0.29) is 0 Å². The van der Waals surface area contributed by atoms with E-state index in [0.717, 1.165) is 22.5 Å². The molecule has 4 rings (SSSR count). The van der Waals surface area contributed by atoms with Gasteiger partial charge in [-0.15, -0.1) is 0 Å². The normalized spacial score (nSPS) is 12.5. The van der Waals surface area contributed by atoms with E-state index in [0.29, 0.717) is 16.7 Å². The standard InChI is InChI=1S/C17H11F3N2/c1-22-15-5-3-2-4-10(15)8-13-12-9-11(17(18,19)20)6-7-14(12)21-16(13)22/h2-9H,1H3. The number of rotatable bonds is 0. The molecule has 0 atom stereocenters. The number of fused-ring (bicyclic) bond motifs is 4. The van der Waals surface area contributed by atoms with Gasteiger partial charge in [-0.05, 0) is 35.7 Å². The largest absolute Gasteiger partial charge is 0.416 e. The number of aryl methyl sites for hydroxylation is 1. The quantitative estimate of drug-likeness (QED) is 0.454. The highest BCUT2D eigenvalue weighted by Gasteiger charge is 2.31. The van der Waals surface area contributed by atoms with Gasteiger partial charge >= 0.3 is 6.18 Å². The maximum atomic E-state index is 12.9. The molecule has 0 bridgehead atoms. The third-order valence-corrected chi connectivity index (χ3v) is 4.00. The molecule has 0 aliphatic carbocycles. The van der Waals surface area contributed by atoms with Gasteiger partial charge in [0.15, 0.2) is 0 Å². The van der Waals surface area contributed by atoms with Crippen molar-refractivity contribution in [1.82, 2.24) is 9.55 Å². The molecule has 0 spiro atoms. The number of nitrogens with zero attached hydrogens (tertiary/aromatic N) is 2. The van der Waals surface area contributed by atoms with Crippen molar-refractivity contribution in [2.75, 3.05) is 0 Å². The minimum atomic E-state index is -4.35. The van der Waals surface area contributed by atoms with E-state index < -0.39 is 11.7 Å². The van der Waals surface area contributed by atoms with Gasteiger partial charge in [0.1, 0.15) is 5.82 Å². The lowest BCUT2D eigenvalue weighted by molar-refractivity contribution is -0.137. The fraction of sp³-hybridized carbons (Fsp3) is 0.118. The Balaban J connectivity index is 2.13. The van der Waals surface area contributed by atoms with Gasteiger partial charge in [-0.1, -0.05) is 18.2 Å². The molecule has 0 fully saturated rings. The number of halogens is 3. The van der Waals surface area contributed by atoms with Gasteiger partial charge in [-0.3, -0.25) is 0 Å². The van der Waals surface area contributed by atoms with Crippen molar-refractivity contribution in [3.05, 3.63) is 54.1 Å². The minimum Gasteiger partial charge on any atom is -0.328 e. The van der Waals surface area contributed by atoms with Crippen molar-refractivity contribution >= 4 is 21.8 Å². The second-order valence-electron chi connectivity index (χ2n) is 5.34. The first-order valence-electron chi connectivity index (χ1n) is 6.80. The summed E-state index contributed by atoms with van der Waals surface area (Å²) in [7, 11) is 1.88. The molecule has 0 amide bonds. The SMILES string of the molecule is Cn1c2nc3ccc(C(F)(F)F)cc3c-2cc2ccccc21. The Labute approximate surface area is 124 Å². The molecule has 0 radical (unpaired) electrons. The minimum absolute atomic E-state index is 0.533. The molecular formula is C17H11F3N2. The maximum Gasteiger partial charge on any atom is 0.416 e. The average molecular weight is 300 g/mol. The molecule has 0 aromatic heterocycles. The van der Waals surface area contributed by atoms with E-state index in [4.69, 9.17) is 0 Å². The lowest BCUT2D eigenvalue weighted by Gasteiger charge is -2.11. The second kappa shape index (κ2) is 4.22. The second-order valence-corrected chi connectivity index (χ2v) is 5.34. The molecule has 2 aromatic rings. The van der Waals surface area contributed by atoms with Crippen LogP contribution in [0.15, 0.2) is 48.5 Å². The maximum absolute atomic E-state index is 12.9. The van der Waals surface area contributed by atoms with E-state index in [2.05, 4.69) is 4.98 Å². The summed E-state index contributed by atoms with van der Waals surface area (Å²) in [5, 5.41) is 1.51. The Morgan fingerprint density at radius 2 is 1.77 bits per heavy atom. The number of hydrogen-bond donors (Lipinski definition) is 0. The van der Waals surface area contributed by atoms with Crippen molar-refractivity contribution in [2.45, 2.75) is 6.18 Å². The van der Waals surface area contributed by atoms with Gasteiger partial charge < -0.3 is 4.57 Å². The zero-order valence-corrected chi connectivity index (χ0v) is 11.6. The third kappa shape index (κ3) is 1.78. The topological polar surface area (TPSA) is 17.8 Å². The molecule has 0 N–H and O–H groups in total. The predicted molar refractivity (Wildman–Crippen MR) is 79.8 cm³/mol. The van der Waals surface area contributed by atoms with Gasteiger partial charge in [0, 0.05) is 23.5 Å². The van der Waals surface area contributed by atoms with Crippen LogP contribution in [-0.4, -0.2) is 9.55 Å². The van der Waals surface area contributed by atoms with Crippen LogP contribution >= 0.6 is 0 Å². The predicted octanol–water partition coefficient (Wildman–Crippen LogP) is 4.85. The van der Waals surface area contributed by atoms with Crippen LogP contribution in [-0.2, 0) is 13.2 Å². The highest BCUT2D eigenvalue weighted by molar-refractivity contribution is 6.01. The molecule has 0 unspecified atom stereocenters. The van der Waals surface area contributed by atoms with Crippen LogP contribution in [0.1, 0.15) is 5.56 Å². The van der Waals surface area contributed by atoms with Crippen LogP contribution in [0.25, 0.3) is 33.2 Å². The summed E-state index contributed by atoms with van der Waals surface area (Å²) in [5.74, 6) is 0.688. The van der Waals surface area contributed by atoms with E-state index in [1.165, 1.54) is 12.1 Å². The van der Waals surface area contributed by atoms with Crippen LogP contribution in [0.5, 0.6) is 0 Å². The number of alkyl halides is 3. The summed E-state index contributed by atoms with van der Waals surface area (Å²) in [6, 6.07) is 13.3. The Morgan fingerprint density at radius 1 is 1.00 bits per heavy atom. The van der Waals surface area contributed by atoms with Crippen molar-refractivity contribution in [3.8, 4) is 11.4 Å². The van der Waals surface area contributed by atoms with Gasteiger partial charge in [0.25, 0.3) is 0 Å². The van der Waals surface area contributed by atoms with Crippen molar-refractivity contribution in [1.29, 1.82) is 0 Å². The molecule has 5 heteroatoms. The van der Waals surface area contributed by atoms with Gasteiger partial charge in [0.2, 0.25) is 0 Å². The molecule has 0 saturated heterocycles. The molecule has 110 valence electrons. The van der Waals surface area contributed by atoms with Crippen LogP contribution < -0.4 is 0 Å². The first kappa shape index (κ1) is 13.1. The summed E-state index contributed by atoms with van der Waals surface area (Å²) in [6.45, 7) is 0. The van der Waals surface area contributed by atoms with Crippen molar-refractivity contribution in [2.24, 2.45) is 7.05 Å². The Bertz CT molecular complexity index is 983. The van der Waals surface area contributed by atoms with E-state index in [9.17, 15) is 13.2 Å². The van der Waals surface area contributed by atoms with Gasteiger partial charge in [-0.2, -0.15) is 13.2 Å². The third-order valence-electron chi connectivity index (χ3n) is 4.00. The Morgan fingerprint density at radius 3 is 2.55 bits per heavy atom. The van der Waals surface area contributed by atoms with Crippen molar-refractivity contribution < 1.29 is 13.2 Å². The summed E-state index contributed by atoms with van der Waals surface area (Å²) in [4.78, 5) is 4.48. The van der Waals surface area contributed by atoms with Gasteiger partial charge in [0.05, 0.1) is 11.1 Å². The lowest BCUT2D eigenvalue weighted by atomic mass is 10.1. The molecule has 2 heterocycles. The molecule has 0 saturated carbocycles. The van der Waals surface area contributed by atoms with Crippen LogP contribution in [0.4, 0.5) is 13.2 Å². The molecule has 2 nitrogen and oxygen atoms in total. The molecular weight excluding hydrogens is 289 g/mol. The number of para-hydroxylation sites is 1. The molecule has 22 heavy (non-hydrogen) atoms. The van der Waals surface area contributed by atoms with Crippen LogP contribution in [0.3, 0.4) is 0 Å². The summed E-state index contributed by atoms with van der Waals surface area (Å²) in [5.41, 5.74) is 1.66. The summed E-state index contributed by atoms with van der Waals surface area (Å²) in [6.07, 6.45) is -4.35. The smallest absolute Gasteiger partial charge is 0.328 e. The van der Waals surface area contributed by atoms with Crippen molar-refractivity contribution in [3.63, 3.8) is 0 Å². The fourth-order valence-corrected chi connectivity index (χ4v) is 2.90. The molecule has 2 aliphatic rings. The van der Waals surface area contributed by atoms with Crippen LogP contribution in [0, 0.1) is 0 Å². The van der Waals surface area contributed by atoms with E-state index in [1.807, 2.05) is 41.9 Å². The zero-order valence-electron chi connectivity index (χ0n) is 11.6. The first-order valence-corrected chi connectivity index (χ1v) is 6.80.